The number of hydrogen-bond donors (Lipinski definition) is 2. The second-order valence-electron chi connectivity index (χ2n) is 5.38. The molecule has 1 amide bonds. The Morgan fingerprint density at radius 1 is 1.23 bits per heavy atom. The number of rotatable bonds is 11. The van der Waals surface area contributed by atoms with Crippen molar-refractivity contribution in [3.8, 4) is 0 Å². The second-order valence-corrected chi connectivity index (χ2v) is 5.38. The van der Waals surface area contributed by atoms with Crippen molar-refractivity contribution in [3.63, 3.8) is 0 Å². The summed E-state index contributed by atoms with van der Waals surface area (Å²) < 4.78 is 0. The molecule has 1 aromatic rings. The van der Waals surface area contributed by atoms with Crippen LogP contribution in [0.1, 0.15) is 38.2 Å². The summed E-state index contributed by atoms with van der Waals surface area (Å²) >= 11 is 0. The Labute approximate surface area is 133 Å². The highest BCUT2D eigenvalue weighted by Gasteiger charge is 2.02. The lowest BCUT2D eigenvalue weighted by molar-refractivity contribution is -0.121. The number of hydrogen-bond acceptors (Lipinski definition) is 3. The van der Waals surface area contributed by atoms with E-state index in [2.05, 4.69) is 17.4 Å². The predicted molar refractivity (Wildman–Crippen MR) is 89.8 cm³/mol. The largest absolute Gasteiger partial charge is 0.356 e. The number of hydroxylamine groups is 2. The molecular weight excluding hydrogens is 276 g/mol. The van der Waals surface area contributed by atoms with E-state index in [0.29, 0.717) is 26.1 Å². The molecule has 4 heteroatoms. The van der Waals surface area contributed by atoms with Crippen molar-refractivity contribution in [1.29, 1.82) is 0 Å². The predicted octanol–water partition coefficient (Wildman–Crippen LogP) is 3.17. The molecule has 0 bridgehead atoms. The van der Waals surface area contributed by atoms with E-state index in [9.17, 15) is 10.0 Å². The number of carbonyl (C=O) groups is 1. The first-order valence-corrected chi connectivity index (χ1v) is 8.08. The van der Waals surface area contributed by atoms with Crippen LogP contribution >= 0.6 is 0 Å². The first-order chi connectivity index (χ1) is 10.7. The zero-order valence-electron chi connectivity index (χ0n) is 13.5. The summed E-state index contributed by atoms with van der Waals surface area (Å²) in [4.78, 5) is 11.7. The Bertz CT molecular complexity index is 432. The molecule has 0 radical (unpaired) electrons. The molecule has 4 nitrogen and oxygen atoms in total. The molecule has 0 aromatic heterocycles. The summed E-state index contributed by atoms with van der Waals surface area (Å²) in [6.07, 6.45) is 8.01. The molecule has 1 aromatic carbocycles. The molecule has 0 aliphatic heterocycles. The average Bonchev–Trinajstić information content (AvgIpc) is 2.53. The van der Waals surface area contributed by atoms with Crippen LogP contribution in [-0.2, 0) is 11.2 Å². The molecule has 0 heterocycles. The third-order valence-electron chi connectivity index (χ3n) is 3.45. The fourth-order valence-electron chi connectivity index (χ4n) is 2.15. The first-order valence-electron chi connectivity index (χ1n) is 8.08. The summed E-state index contributed by atoms with van der Waals surface area (Å²) in [5, 5.41) is 13.8. The van der Waals surface area contributed by atoms with E-state index < -0.39 is 0 Å². The van der Waals surface area contributed by atoms with Gasteiger partial charge in [0.1, 0.15) is 0 Å². The van der Waals surface area contributed by atoms with Crippen LogP contribution in [0.4, 0.5) is 0 Å². The summed E-state index contributed by atoms with van der Waals surface area (Å²) in [5.41, 5.74) is 1.24. The van der Waals surface area contributed by atoms with E-state index in [4.69, 9.17) is 0 Å². The fraction of sp³-hybridized carbons (Fsp3) is 0.500. The number of carbonyl (C=O) groups excluding carboxylic acids is 1. The second kappa shape index (κ2) is 12.0. The van der Waals surface area contributed by atoms with Gasteiger partial charge in [-0.1, -0.05) is 48.9 Å². The van der Waals surface area contributed by atoms with Crippen LogP contribution < -0.4 is 5.32 Å². The number of nitrogens with zero attached hydrogens (tertiary/aromatic N) is 1. The Balaban J connectivity index is 1.97. The van der Waals surface area contributed by atoms with Crippen molar-refractivity contribution in [2.45, 2.75) is 39.0 Å². The molecule has 0 aliphatic carbocycles. The molecule has 1 rings (SSSR count). The van der Waals surface area contributed by atoms with E-state index in [1.54, 1.807) is 0 Å². The summed E-state index contributed by atoms with van der Waals surface area (Å²) in [5.74, 6) is 0.116. The van der Waals surface area contributed by atoms with Crippen LogP contribution in [0.2, 0.25) is 0 Å². The van der Waals surface area contributed by atoms with Gasteiger partial charge in [-0.3, -0.25) is 4.79 Å². The van der Waals surface area contributed by atoms with E-state index in [1.165, 1.54) is 10.6 Å². The number of amides is 1. The van der Waals surface area contributed by atoms with Gasteiger partial charge in [0.2, 0.25) is 5.91 Å². The summed E-state index contributed by atoms with van der Waals surface area (Å²) in [7, 11) is 0. The van der Waals surface area contributed by atoms with Gasteiger partial charge < -0.3 is 10.5 Å². The molecule has 0 fully saturated rings. The van der Waals surface area contributed by atoms with Crippen LogP contribution in [0, 0.1) is 0 Å². The Kier molecular flexibility index (Phi) is 9.99. The van der Waals surface area contributed by atoms with Gasteiger partial charge in [0.05, 0.1) is 0 Å². The number of allylic oxidation sites excluding steroid dienone is 1. The topological polar surface area (TPSA) is 52.6 Å². The molecule has 0 saturated carbocycles. The average molecular weight is 304 g/mol. The lowest BCUT2D eigenvalue weighted by Gasteiger charge is -2.11. The zero-order chi connectivity index (χ0) is 16.0. The Morgan fingerprint density at radius 3 is 2.73 bits per heavy atom. The quantitative estimate of drug-likeness (QED) is 0.375. The van der Waals surface area contributed by atoms with Crippen LogP contribution in [0.25, 0.3) is 0 Å². The molecule has 122 valence electrons. The minimum absolute atomic E-state index is 0.116. The van der Waals surface area contributed by atoms with E-state index in [-0.39, 0.29) is 5.91 Å². The van der Waals surface area contributed by atoms with E-state index in [1.807, 2.05) is 37.3 Å². The number of nitrogens with one attached hydrogen (secondary N) is 1. The first kappa shape index (κ1) is 18.4. The highest BCUT2D eigenvalue weighted by Crippen LogP contribution is 2.02. The van der Waals surface area contributed by atoms with Crippen molar-refractivity contribution in [2.24, 2.45) is 0 Å². The van der Waals surface area contributed by atoms with Gasteiger partial charge in [-0.15, -0.1) is 0 Å². The van der Waals surface area contributed by atoms with Gasteiger partial charge >= 0.3 is 0 Å². The summed E-state index contributed by atoms with van der Waals surface area (Å²) in [6, 6.07) is 10.2. The molecule has 0 aliphatic rings. The summed E-state index contributed by atoms with van der Waals surface area (Å²) in [6.45, 7) is 3.84. The SMILES string of the molecule is C/C=C\CN(O)CCCCCC(=O)NCCc1ccccc1. The van der Waals surface area contributed by atoms with E-state index >= 15 is 0 Å². The number of benzene rings is 1. The standard InChI is InChI=1S/C18H28N2O2/c1-2-3-15-20(22)16-9-5-8-12-18(21)19-14-13-17-10-6-4-7-11-17/h2-4,6-7,10-11,22H,5,8-9,12-16H2,1H3,(H,19,21)/b3-2-. The van der Waals surface area contributed by atoms with Crippen molar-refractivity contribution >= 4 is 5.91 Å². The highest BCUT2D eigenvalue weighted by molar-refractivity contribution is 5.75. The minimum atomic E-state index is 0.116. The molecule has 0 saturated heterocycles. The van der Waals surface area contributed by atoms with Crippen LogP contribution in [-0.4, -0.2) is 35.8 Å². The van der Waals surface area contributed by atoms with Crippen molar-refractivity contribution in [3.05, 3.63) is 48.0 Å². The maximum Gasteiger partial charge on any atom is 0.220 e. The zero-order valence-corrected chi connectivity index (χ0v) is 13.5. The van der Waals surface area contributed by atoms with Crippen LogP contribution in [0.3, 0.4) is 0 Å². The number of unbranched alkanes of at least 4 members (excludes halogenated alkanes) is 2. The van der Waals surface area contributed by atoms with Crippen molar-refractivity contribution in [1.82, 2.24) is 10.4 Å². The smallest absolute Gasteiger partial charge is 0.220 e. The van der Waals surface area contributed by atoms with Gasteiger partial charge in [0.25, 0.3) is 0 Å². The van der Waals surface area contributed by atoms with Gasteiger partial charge in [0, 0.05) is 26.1 Å². The molecule has 22 heavy (non-hydrogen) atoms. The van der Waals surface area contributed by atoms with Gasteiger partial charge in [-0.05, 0) is 31.7 Å². The lowest BCUT2D eigenvalue weighted by atomic mass is 10.1. The molecule has 2 N–H and O–H groups in total. The normalized spacial score (nSPS) is 11.2. The minimum Gasteiger partial charge on any atom is -0.356 e. The monoisotopic (exact) mass is 304 g/mol. The molecular formula is C18H28N2O2. The van der Waals surface area contributed by atoms with Gasteiger partial charge in [-0.25, -0.2) is 0 Å². The van der Waals surface area contributed by atoms with Crippen LogP contribution in [0.5, 0.6) is 0 Å². The lowest BCUT2D eigenvalue weighted by Crippen LogP contribution is -2.25. The Morgan fingerprint density at radius 2 is 2.00 bits per heavy atom. The van der Waals surface area contributed by atoms with Gasteiger partial charge in [0.15, 0.2) is 0 Å². The third kappa shape index (κ3) is 9.32. The van der Waals surface area contributed by atoms with Gasteiger partial charge in [-0.2, -0.15) is 5.06 Å². The molecule has 0 spiro atoms. The van der Waals surface area contributed by atoms with Crippen molar-refractivity contribution in [2.75, 3.05) is 19.6 Å². The third-order valence-corrected chi connectivity index (χ3v) is 3.45. The maximum atomic E-state index is 11.7. The van der Waals surface area contributed by atoms with Crippen LogP contribution in [0.15, 0.2) is 42.5 Å². The molecule has 0 unspecified atom stereocenters. The molecule has 0 atom stereocenters. The van der Waals surface area contributed by atoms with E-state index in [0.717, 1.165) is 25.7 Å². The maximum absolute atomic E-state index is 11.7. The van der Waals surface area contributed by atoms with Crippen molar-refractivity contribution < 1.29 is 10.0 Å². The highest BCUT2D eigenvalue weighted by atomic mass is 16.5. The Hall–Kier alpha value is -1.65. The fourth-order valence-corrected chi connectivity index (χ4v) is 2.15.